The molecule has 0 bridgehead atoms. The molecule has 1 amide bonds. The fourth-order valence-corrected chi connectivity index (χ4v) is 5.10. The molecule has 0 unspecified atom stereocenters. The number of nitrogens with zero attached hydrogens (tertiary/aromatic N) is 3. The smallest absolute Gasteiger partial charge is 0.289 e. The third-order valence-electron chi connectivity index (χ3n) is 5.03. The summed E-state index contributed by atoms with van der Waals surface area (Å²) >= 11 is 0. The fraction of sp³-hybridized carbons (Fsp3) is 0.211. The van der Waals surface area contributed by atoms with E-state index in [1.54, 1.807) is 11.1 Å². The van der Waals surface area contributed by atoms with E-state index in [9.17, 15) is 23.3 Å². The molecule has 3 aromatic rings. The number of sulfonamides is 1. The maximum atomic E-state index is 12.9. The summed E-state index contributed by atoms with van der Waals surface area (Å²) in [5.74, 6) is -0.176. The first-order valence-corrected chi connectivity index (χ1v) is 10.4. The van der Waals surface area contributed by atoms with Crippen molar-refractivity contribution in [3.05, 3.63) is 70.4 Å². The van der Waals surface area contributed by atoms with Crippen molar-refractivity contribution in [1.29, 1.82) is 0 Å². The lowest BCUT2D eigenvalue weighted by Crippen LogP contribution is -2.50. The van der Waals surface area contributed by atoms with Crippen LogP contribution >= 0.6 is 0 Å². The van der Waals surface area contributed by atoms with Crippen LogP contribution in [-0.2, 0) is 10.0 Å². The third-order valence-corrected chi connectivity index (χ3v) is 6.97. The zero-order valence-corrected chi connectivity index (χ0v) is 16.1. The topological polar surface area (TPSA) is 117 Å². The van der Waals surface area contributed by atoms with Crippen LogP contribution in [0.25, 0.3) is 10.9 Å². The highest BCUT2D eigenvalue weighted by molar-refractivity contribution is 7.89. The van der Waals surface area contributed by atoms with Gasteiger partial charge in [0.1, 0.15) is 0 Å². The number of amides is 1. The molecule has 1 N–H and O–H groups in total. The second-order valence-corrected chi connectivity index (χ2v) is 8.58. The molecule has 1 aromatic heterocycles. The molecule has 10 heteroatoms. The van der Waals surface area contributed by atoms with Crippen LogP contribution in [0, 0.1) is 10.1 Å². The van der Waals surface area contributed by atoms with Gasteiger partial charge in [-0.15, -0.1) is 0 Å². The van der Waals surface area contributed by atoms with E-state index in [4.69, 9.17) is 0 Å². The van der Waals surface area contributed by atoms with Gasteiger partial charge in [-0.2, -0.15) is 4.31 Å². The van der Waals surface area contributed by atoms with E-state index in [0.29, 0.717) is 5.56 Å². The van der Waals surface area contributed by atoms with Crippen molar-refractivity contribution in [1.82, 2.24) is 14.2 Å². The number of aromatic amines is 1. The number of hydrogen-bond donors (Lipinski definition) is 1. The number of rotatable bonds is 4. The van der Waals surface area contributed by atoms with Crippen LogP contribution in [0.5, 0.6) is 0 Å². The van der Waals surface area contributed by atoms with Crippen molar-refractivity contribution in [2.45, 2.75) is 4.90 Å². The first-order valence-electron chi connectivity index (χ1n) is 8.98. The van der Waals surface area contributed by atoms with Crippen molar-refractivity contribution in [2.24, 2.45) is 0 Å². The predicted octanol–water partition coefficient (Wildman–Crippen LogP) is 2.22. The molecule has 150 valence electrons. The quantitative estimate of drug-likeness (QED) is 0.519. The van der Waals surface area contributed by atoms with Gasteiger partial charge in [0.2, 0.25) is 10.0 Å². The van der Waals surface area contributed by atoms with Gasteiger partial charge in [-0.1, -0.05) is 30.3 Å². The highest BCUT2D eigenvalue weighted by Crippen LogP contribution is 2.27. The van der Waals surface area contributed by atoms with Crippen molar-refractivity contribution in [3.8, 4) is 0 Å². The Labute approximate surface area is 166 Å². The molecule has 0 radical (unpaired) electrons. The Kier molecular flexibility index (Phi) is 4.81. The minimum absolute atomic E-state index is 0.0719. The number of nitrogens with one attached hydrogen (secondary N) is 1. The van der Waals surface area contributed by atoms with Crippen LogP contribution in [0.15, 0.2) is 59.6 Å². The summed E-state index contributed by atoms with van der Waals surface area (Å²) in [6.45, 7) is 0.557. The van der Waals surface area contributed by atoms with Gasteiger partial charge in [-0.3, -0.25) is 14.9 Å². The zero-order chi connectivity index (χ0) is 20.6. The molecular formula is C19H18N4O5S. The van der Waals surface area contributed by atoms with Crippen molar-refractivity contribution in [2.75, 3.05) is 26.2 Å². The van der Waals surface area contributed by atoms with E-state index in [0.717, 1.165) is 10.9 Å². The molecule has 29 heavy (non-hydrogen) atoms. The first kappa shape index (κ1) is 19.1. The number of H-pyrrole nitrogens is 1. The SMILES string of the molecule is O=C(c1c[nH]c2ccccc12)N1CCN(S(=O)(=O)c2ccccc2[N+](=O)[O-])CC1. The van der Waals surface area contributed by atoms with Crippen molar-refractivity contribution in [3.63, 3.8) is 0 Å². The highest BCUT2D eigenvalue weighted by Gasteiger charge is 2.34. The summed E-state index contributed by atoms with van der Waals surface area (Å²) in [7, 11) is -4.03. The fourth-order valence-electron chi connectivity index (χ4n) is 3.52. The molecule has 0 aliphatic carbocycles. The number of nitro groups is 1. The van der Waals surface area contributed by atoms with E-state index in [-0.39, 0.29) is 37.0 Å². The summed E-state index contributed by atoms with van der Waals surface area (Å²) in [6.07, 6.45) is 1.66. The van der Waals surface area contributed by atoms with E-state index in [1.807, 2.05) is 24.3 Å². The molecule has 4 rings (SSSR count). The minimum atomic E-state index is -4.03. The summed E-state index contributed by atoms with van der Waals surface area (Å²) in [6, 6.07) is 12.7. The standard InChI is InChI=1S/C19H18N4O5S/c24-19(15-13-20-16-6-2-1-5-14(15)16)21-9-11-22(12-10-21)29(27,28)18-8-4-3-7-17(18)23(25)26/h1-8,13,20H,9-12H2. The number of carbonyl (C=O) groups excluding carboxylic acids is 1. The van der Waals surface area contributed by atoms with Crippen LogP contribution in [0.1, 0.15) is 10.4 Å². The summed E-state index contributed by atoms with van der Waals surface area (Å²) in [5.41, 5.74) is 0.939. The van der Waals surface area contributed by atoms with Crippen molar-refractivity contribution >= 4 is 32.5 Å². The summed E-state index contributed by atoms with van der Waals surface area (Å²) < 4.78 is 27.0. The monoisotopic (exact) mass is 414 g/mol. The lowest BCUT2D eigenvalue weighted by Gasteiger charge is -2.33. The van der Waals surface area contributed by atoms with E-state index >= 15 is 0 Å². The van der Waals surface area contributed by atoms with Crippen molar-refractivity contribution < 1.29 is 18.1 Å². The normalized spacial score (nSPS) is 15.5. The lowest BCUT2D eigenvalue weighted by atomic mass is 10.1. The van der Waals surface area contributed by atoms with E-state index in [1.165, 1.54) is 28.6 Å². The average Bonchev–Trinajstić information content (AvgIpc) is 3.17. The second-order valence-electron chi connectivity index (χ2n) is 6.67. The summed E-state index contributed by atoms with van der Waals surface area (Å²) in [5, 5.41) is 12.0. The summed E-state index contributed by atoms with van der Waals surface area (Å²) in [4.78, 5) is 27.7. The number of piperazine rings is 1. The molecule has 0 saturated carbocycles. The number of hydrogen-bond acceptors (Lipinski definition) is 5. The Morgan fingerprint density at radius 3 is 2.38 bits per heavy atom. The Morgan fingerprint density at radius 2 is 1.66 bits per heavy atom. The Morgan fingerprint density at radius 1 is 1.00 bits per heavy atom. The molecule has 2 aromatic carbocycles. The maximum Gasteiger partial charge on any atom is 0.289 e. The largest absolute Gasteiger partial charge is 0.360 e. The van der Waals surface area contributed by atoms with Gasteiger partial charge in [0.25, 0.3) is 11.6 Å². The van der Waals surface area contributed by atoms with E-state index < -0.39 is 20.6 Å². The molecule has 0 spiro atoms. The van der Waals surface area contributed by atoms with Gasteiger partial charge in [-0.05, 0) is 12.1 Å². The maximum absolute atomic E-state index is 12.9. The number of nitro benzene ring substituents is 1. The molecule has 1 aliphatic heterocycles. The van der Waals surface area contributed by atoms with Crippen LogP contribution in [0.3, 0.4) is 0 Å². The third kappa shape index (κ3) is 3.36. The number of aromatic nitrogens is 1. The molecular weight excluding hydrogens is 396 g/mol. The lowest BCUT2D eigenvalue weighted by molar-refractivity contribution is -0.387. The van der Waals surface area contributed by atoms with Crippen LogP contribution in [0.2, 0.25) is 0 Å². The molecule has 9 nitrogen and oxygen atoms in total. The van der Waals surface area contributed by atoms with Crippen LogP contribution < -0.4 is 0 Å². The molecule has 0 atom stereocenters. The molecule has 1 fully saturated rings. The molecule has 1 aliphatic rings. The average molecular weight is 414 g/mol. The van der Waals surface area contributed by atoms with Gasteiger partial charge in [0, 0.05) is 49.3 Å². The Bertz CT molecular complexity index is 1200. The van der Waals surface area contributed by atoms with Gasteiger partial charge < -0.3 is 9.88 Å². The number of carbonyl (C=O) groups is 1. The molecule has 1 saturated heterocycles. The van der Waals surface area contributed by atoms with Gasteiger partial charge in [-0.25, -0.2) is 8.42 Å². The Balaban J connectivity index is 1.52. The van der Waals surface area contributed by atoms with E-state index in [2.05, 4.69) is 4.98 Å². The zero-order valence-electron chi connectivity index (χ0n) is 15.3. The van der Waals surface area contributed by atoms with Gasteiger partial charge >= 0.3 is 0 Å². The number of benzene rings is 2. The Hall–Kier alpha value is -3.24. The van der Waals surface area contributed by atoms with Gasteiger partial charge in [0.15, 0.2) is 4.90 Å². The van der Waals surface area contributed by atoms with Gasteiger partial charge in [0.05, 0.1) is 10.5 Å². The minimum Gasteiger partial charge on any atom is -0.360 e. The number of para-hydroxylation sites is 2. The van der Waals surface area contributed by atoms with Crippen LogP contribution in [-0.4, -0.2) is 59.6 Å². The predicted molar refractivity (Wildman–Crippen MR) is 106 cm³/mol. The number of fused-ring (bicyclic) bond motifs is 1. The second kappa shape index (κ2) is 7.30. The van der Waals surface area contributed by atoms with Crippen LogP contribution in [0.4, 0.5) is 5.69 Å². The molecule has 2 heterocycles. The highest BCUT2D eigenvalue weighted by atomic mass is 32.2. The first-order chi connectivity index (χ1) is 13.9.